The minimum absolute atomic E-state index is 0.0584. The summed E-state index contributed by atoms with van der Waals surface area (Å²) in [5, 5.41) is 3.04. The third-order valence-electron chi connectivity index (χ3n) is 8.69. The molecule has 0 bridgehead atoms. The minimum Gasteiger partial charge on any atom is -0.348 e. The number of fused-ring (bicyclic) bond motifs is 2. The molecule has 1 aromatic heterocycles. The number of carbonyl (C=O) groups excluding carboxylic acids is 1. The monoisotopic (exact) mass is 432 g/mol. The van der Waals surface area contributed by atoms with Gasteiger partial charge in [0.15, 0.2) is 0 Å². The molecule has 4 aliphatic rings. The summed E-state index contributed by atoms with van der Waals surface area (Å²) in [6.07, 6.45) is 9.00. The standard InChI is InChI=1S/C28H36N2O2/c1-14-11-15(2)30-28(32)22(14)13-29-27(31)21-12-20-17(4)23(20)26-24(25(26)18(21)5)16(3)19-9-7-6-8-10-19/h11-12,16-17,19,23-24H,6-10,13H2,1-5H3,(H,29,31)(H,30,32)/t16?,17-,23-,24?/m1/s1. The third kappa shape index (κ3) is 3.52. The summed E-state index contributed by atoms with van der Waals surface area (Å²) >= 11 is 0. The van der Waals surface area contributed by atoms with Gasteiger partial charge in [-0.2, -0.15) is 0 Å². The fourth-order valence-electron chi connectivity index (χ4n) is 6.66. The van der Waals surface area contributed by atoms with Gasteiger partial charge in [0, 0.05) is 35.2 Å². The van der Waals surface area contributed by atoms with Crippen LogP contribution in [0.4, 0.5) is 0 Å². The average Bonchev–Trinajstić information content (AvgIpc) is 3.64. The van der Waals surface area contributed by atoms with E-state index in [2.05, 4.69) is 37.1 Å². The zero-order chi connectivity index (χ0) is 22.7. The quantitative estimate of drug-likeness (QED) is 0.665. The number of aromatic amines is 1. The number of aromatic nitrogens is 1. The van der Waals surface area contributed by atoms with E-state index in [-0.39, 0.29) is 18.0 Å². The second kappa shape index (κ2) is 7.90. The number of rotatable bonds is 5. The van der Waals surface area contributed by atoms with Crippen LogP contribution in [-0.4, -0.2) is 10.9 Å². The highest BCUT2D eigenvalue weighted by molar-refractivity contribution is 5.99. The van der Waals surface area contributed by atoms with Crippen molar-refractivity contribution in [2.45, 2.75) is 73.3 Å². The number of aryl methyl sites for hydroxylation is 2. The molecule has 4 heteroatoms. The van der Waals surface area contributed by atoms with Gasteiger partial charge in [-0.15, -0.1) is 0 Å². The Morgan fingerprint density at radius 3 is 2.59 bits per heavy atom. The smallest absolute Gasteiger partial charge is 0.253 e. The van der Waals surface area contributed by atoms with E-state index < -0.39 is 0 Å². The number of amides is 1. The van der Waals surface area contributed by atoms with E-state index in [1.54, 1.807) is 5.57 Å². The third-order valence-corrected chi connectivity index (χ3v) is 8.69. The number of hydrogen-bond acceptors (Lipinski definition) is 2. The maximum absolute atomic E-state index is 13.3. The maximum atomic E-state index is 13.3. The van der Waals surface area contributed by atoms with Crippen molar-refractivity contribution in [2.24, 2.45) is 29.6 Å². The first-order valence-corrected chi connectivity index (χ1v) is 12.4. The van der Waals surface area contributed by atoms with E-state index in [9.17, 15) is 9.59 Å². The number of hydrogen-bond donors (Lipinski definition) is 2. The van der Waals surface area contributed by atoms with Crippen LogP contribution in [0.3, 0.4) is 0 Å². The van der Waals surface area contributed by atoms with Crippen LogP contribution in [-0.2, 0) is 11.3 Å². The van der Waals surface area contributed by atoms with E-state index in [4.69, 9.17) is 0 Å². The van der Waals surface area contributed by atoms with E-state index >= 15 is 0 Å². The molecule has 170 valence electrons. The number of nitrogens with one attached hydrogen (secondary N) is 2. The van der Waals surface area contributed by atoms with E-state index in [1.165, 1.54) is 43.3 Å². The summed E-state index contributed by atoms with van der Waals surface area (Å²) in [5.74, 6) is 3.13. The molecule has 0 aromatic carbocycles. The Balaban J connectivity index is 1.37. The Kier molecular flexibility index (Phi) is 5.30. The van der Waals surface area contributed by atoms with Crippen LogP contribution in [0.1, 0.15) is 69.7 Å². The van der Waals surface area contributed by atoms with Crippen molar-refractivity contribution in [3.63, 3.8) is 0 Å². The van der Waals surface area contributed by atoms with Crippen LogP contribution in [0.25, 0.3) is 0 Å². The molecule has 32 heavy (non-hydrogen) atoms. The Hall–Kier alpha value is -2.36. The second-order valence-corrected chi connectivity index (χ2v) is 10.7. The van der Waals surface area contributed by atoms with Gasteiger partial charge in [-0.25, -0.2) is 0 Å². The molecule has 1 heterocycles. The van der Waals surface area contributed by atoms with E-state index in [0.29, 0.717) is 29.2 Å². The molecule has 0 spiro atoms. The Labute approximate surface area is 191 Å². The number of H-pyrrole nitrogens is 1. The molecule has 0 saturated heterocycles. The van der Waals surface area contributed by atoms with Gasteiger partial charge in [-0.05, 0) is 67.4 Å². The fraction of sp³-hybridized carbons (Fsp3) is 0.571. The van der Waals surface area contributed by atoms with Gasteiger partial charge in [-0.1, -0.05) is 57.1 Å². The number of carbonyl (C=O) groups is 1. The van der Waals surface area contributed by atoms with Crippen LogP contribution in [0, 0.1) is 43.4 Å². The summed E-state index contributed by atoms with van der Waals surface area (Å²) in [6, 6.07) is 1.95. The normalized spacial score (nSPS) is 27.9. The van der Waals surface area contributed by atoms with Gasteiger partial charge in [0.1, 0.15) is 0 Å². The molecule has 1 amide bonds. The molecule has 1 aromatic rings. The first kappa shape index (κ1) is 21.5. The largest absolute Gasteiger partial charge is 0.348 e. The topological polar surface area (TPSA) is 62.0 Å². The molecule has 2 N–H and O–H groups in total. The molecule has 2 fully saturated rings. The summed E-state index contributed by atoms with van der Waals surface area (Å²) in [6.45, 7) is 10.9. The van der Waals surface area contributed by atoms with Crippen LogP contribution >= 0.6 is 0 Å². The fourth-order valence-corrected chi connectivity index (χ4v) is 6.66. The first-order chi connectivity index (χ1) is 15.3. The molecule has 4 aliphatic carbocycles. The lowest BCUT2D eigenvalue weighted by atomic mass is 9.76. The zero-order valence-electron chi connectivity index (χ0n) is 20.1. The highest BCUT2D eigenvalue weighted by atomic mass is 16.2. The van der Waals surface area contributed by atoms with Gasteiger partial charge < -0.3 is 10.3 Å². The summed E-state index contributed by atoms with van der Waals surface area (Å²) < 4.78 is 0. The zero-order valence-corrected chi connectivity index (χ0v) is 20.1. The van der Waals surface area contributed by atoms with Gasteiger partial charge in [-0.3, -0.25) is 9.59 Å². The minimum atomic E-state index is -0.114. The molecule has 2 unspecified atom stereocenters. The van der Waals surface area contributed by atoms with E-state index in [1.807, 2.05) is 19.9 Å². The SMILES string of the molecule is CC1=C(C(=O)NCc2c(C)cc(C)[nH]c2=O)C=C2[C@H](C3=C1C3C(C)C1CCCCC1)[C@@H]2C. The van der Waals surface area contributed by atoms with Crippen LogP contribution < -0.4 is 10.9 Å². The van der Waals surface area contributed by atoms with Gasteiger partial charge in [0.05, 0.1) is 0 Å². The number of allylic oxidation sites excluding steroid dienone is 4. The van der Waals surface area contributed by atoms with Gasteiger partial charge in [0.25, 0.3) is 11.5 Å². The molecule has 2 saturated carbocycles. The second-order valence-electron chi connectivity index (χ2n) is 10.7. The van der Waals surface area contributed by atoms with Crippen LogP contribution in [0.5, 0.6) is 0 Å². The lowest BCUT2D eigenvalue weighted by Crippen LogP contribution is -2.29. The van der Waals surface area contributed by atoms with E-state index in [0.717, 1.165) is 28.3 Å². The van der Waals surface area contributed by atoms with Crippen molar-refractivity contribution in [1.82, 2.24) is 10.3 Å². The predicted molar refractivity (Wildman–Crippen MR) is 128 cm³/mol. The van der Waals surface area contributed by atoms with Crippen molar-refractivity contribution >= 4 is 5.91 Å². The molecule has 4 nitrogen and oxygen atoms in total. The molecule has 0 radical (unpaired) electrons. The molecular formula is C28H36N2O2. The van der Waals surface area contributed by atoms with Gasteiger partial charge in [0.2, 0.25) is 0 Å². The Morgan fingerprint density at radius 1 is 1.19 bits per heavy atom. The molecular weight excluding hydrogens is 396 g/mol. The molecule has 5 rings (SSSR count). The maximum Gasteiger partial charge on any atom is 0.253 e. The highest BCUT2D eigenvalue weighted by Gasteiger charge is 2.57. The highest BCUT2D eigenvalue weighted by Crippen LogP contribution is 2.67. The average molecular weight is 433 g/mol. The van der Waals surface area contributed by atoms with Crippen molar-refractivity contribution in [3.8, 4) is 0 Å². The first-order valence-electron chi connectivity index (χ1n) is 12.4. The summed E-state index contributed by atoms with van der Waals surface area (Å²) in [7, 11) is 0. The van der Waals surface area contributed by atoms with Gasteiger partial charge >= 0.3 is 0 Å². The Morgan fingerprint density at radius 2 is 1.91 bits per heavy atom. The Bertz CT molecular complexity index is 1130. The van der Waals surface area contributed by atoms with Crippen molar-refractivity contribution in [1.29, 1.82) is 0 Å². The summed E-state index contributed by atoms with van der Waals surface area (Å²) in [5.41, 5.74) is 8.77. The lowest BCUT2D eigenvalue weighted by molar-refractivity contribution is -0.117. The van der Waals surface area contributed by atoms with Crippen molar-refractivity contribution in [3.05, 3.63) is 67.2 Å². The van der Waals surface area contributed by atoms with Crippen molar-refractivity contribution in [2.75, 3.05) is 0 Å². The van der Waals surface area contributed by atoms with Crippen LogP contribution in [0.15, 0.2) is 44.8 Å². The molecule has 0 aliphatic heterocycles. The lowest BCUT2D eigenvalue weighted by Gasteiger charge is -2.29. The summed E-state index contributed by atoms with van der Waals surface area (Å²) in [4.78, 5) is 28.5. The van der Waals surface area contributed by atoms with Crippen LogP contribution in [0.2, 0.25) is 0 Å². The molecule has 4 atom stereocenters. The number of pyridine rings is 1. The van der Waals surface area contributed by atoms with Crippen molar-refractivity contribution < 1.29 is 4.79 Å². The predicted octanol–water partition coefficient (Wildman–Crippen LogP) is 5.27.